The van der Waals surface area contributed by atoms with Gasteiger partial charge < -0.3 is 15.1 Å². The van der Waals surface area contributed by atoms with E-state index in [2.05, 4.69) is 10.2 Å². The molecular weight excluding hydrogens is 416 g/mol. The maximum atomic E-state index is 13.5. The Balaban J connectivity index is 1.26. The van der Waals surface area contributed by atoms with E-state index in [4.69, 9.17) is 0 Å². The fourth-order valence-corrected chi connectivity index (χ4v) is 4.81. The van der Waals surface area contributed by atoms with Gasteiger partial charge in [-0.3, -0.25) is 19.3 Å². The third-order valence-corrected chi connectivity index (χ3v) is 7.05. The minimum atomic E-state index is -0.0612. The Labute approximate surface area is 194 Å². The van der Waals surface area contributed by atoms with Crippen LogP contribution in [0.4, 0.5) is 5.69 Å². The minimum absolute atomic E-state index is 0.000348. The first-order chi connectivity index (χ1) is 16.1. The number of hydrogen-bond donors (Lipinski definition) is 1. The molecule has 2 aromatic rings. The Hall–Kier alpha value is -2.93. The molecule has 3 fully saturated rings. The van der Waals surface area contributed by atoms with Crippen molar-refractivity contribution >= 4 is 34.2 Å². The first-order valence-electron chi connectivity index (χ1n) is 12.2. The number of carbonyl (C=O) groups is 3. The molecule has 0 spiro atoms. The number of rotatable bonds is 5. The lowest BCUT2D eigenvalue weighted by atomic mass is 10.0. The van der Waals surface area contributed by atoms with Gasteiger partial charge >= 0.3 is 0 Å². The molecule has 174 valence electrons. The topological polar surface area (TPSA) is 73.0 Å². The van der Waals surface area contributed by atoms with E-state index in [1.54, 1.807) is 0 Å². The van der Waals surface area contributed by atoms with Crippen LogP contribution in [0, 0.1) is 5.92 Å². The van der Waals surface area contributed by atoms with Crippen molar-refractivity contribution in [3.8, 4) is 0 Å². The van der Waals surface area contributed by atoms with Crippen molar-refractivity contribution in [3.05, 3.63) is 42.0 Å². The zero-order valence-electron chi connectivity index (χ0n) is 19.1. The highest BCUT2D eigenvalue weighted by molar-refractivity contribution is 6.08. The maximum Gasteiger partial charge on any atom is 0.256 e. The number of nitrogens with one attached hydrogen (secondary N) is 1. The van der Waals surface area contributed by atoms with Gasteiger partial charge in [0.2, 0.25) is 11.8 Å². The lowest BCUT2D eigenvalue weighted by Gasteiger charge is -2.36. The maximum absolute atomic E-state index is 13.5. The van der Waals surface area contributed by atoms with Crippen LogP contribution < -0.4 is 5.32 Å². The Bertz CT molecular complexity index is 1050. The number of likely N-dealkylation sites (tertiary alicyclic amines) is 1. The molecule has 0 aromatic heterocycles. The van der Waals surface area contributed by atoms with Crippen LogP contribution in [-0.2, 0) is 9.59 Å². The average molecular weight is 449 g/mol. The molecule has 1 aliphatic carbocycles. The summed E-state index contributed by atoms with van der Waals surface area (Å²) in [6.45, 7) is 4.69. The standard InChI is InChI=1S/C26H32N4O3/c31-24(29-10-4-1-5-11-29)18-28-12-14-30(15-13-28)26(33)22-16-20-6-2-3-7-21(20)17-23(22)27-25(32)19-8-9-19/h2-3,6-7,16-17,19H,1,4-5,8-15,18H2,(H,27,32). The summed E-state index contributed by atoms with van der Waals surface area (Å²) in [6.07, 6.45) is 5.24. The normalized spacial score (nSPS) is 19.5. The van der Waals surface area contributed by atoms with Crippen LogP contribution in [0.25, 0.3) is 10.8 Å². The average Bonchev–Trinajstić information content (AvgIpc) is 3.70. The third kappa shape index (κ3) is 5.03. The number of piperidine rings is 1. The second kappa shape index (κ2) is 9.51. The van der Waals surface area contributed by atoms with Crippen molar-refractivity contribution in [2.45, 2.75) is 32.1 Å². The number of piperazine rings is 1. The Kier molecular flexibility index (Phi) is 6.31. The van der Waals surface area contributed by atoms with E-state index in [-0.39, 0.29) is 23.6 Å². The zero-order valence-corrected chi connectivity index (χ0v) is 19.1. The summed E-state index contributed by atoms with van der Waals surface area (Å²) in [4.78, 5) is 44.5. The van der Waals surface area contributed by atoms with Gasteiger partial charge in [0, 0.05) is 45.2 Å². The molecule has 1 N–H and O–H groups in total. The van der Waals surface area contributed by atoms with Gasteiger partial charge in [0.25, 0.3) is 5.91 Å². The van der Waals surface area contributed by atoms with Gasteiger partial charge in [0.1, 0.15) is 0 Å². The SMILES string of the molecule is O=C(Nc1cc2ccccc2cc1C(=O)N1CCN(CC(=O)N2CCCCC2)CC1)C1CC1. The molecule has 0 radical (unpaired) electrons. The van der Waals surface area contributed by atoms with Gasteiger partial charge in [0.15, 0.2) is 0 Å². The first-order valence-corrected chi connectivity index (χ1v) is 12.2. The van der Waals surface area contributed by atoms with Gasteiger partial charge in [-0.25, -0.2) is 0 Å². The molecular formula is C26H32N4O3. The number of amides is 3. The molecule has 2 heterocycles. The zero-order chi connectivity index (χ0) is 22.8. The van der Waals surface area contributed by atoms with Gasteiger partial charge in [-0.05, 0) is 55.0 Å². The molecule has 2 aromatic carbocycles. The smallest absolute Gasteiger partial charge is 0.256 e. The van der Waals surface area contributed by atoms with E-state index >= 15 is 0 Å². The molecule has 5 rings (SSSR count). The van der Waals surface area contributed by atoms with Gasteiger partial charge in [-0.15, -0.1) is 0 Å². The van der Waals surface area contributed by atoms with Gasteiger partial charge in [0.05, 0.1) is 17.8 Å². The number of anilines is 1. The lowest BCUT2D eigenvalue weighted by Crippen LogP contribution is -2.52. The van der Waals surface area contributed by atoms with E-state index in [9.17, 15) is 14.4 Å². The molecule has 1 saturated carbocycles. The predicted octanol–water partition coefficient (Wildman–Crippen LogP) is 2.96. The quantitative estimate of drug-likeness (QED) is 0.763. The van der Waals surface area contributed by atoms with Crippen LogP contribution >= 0.6 is 0 Å². The molecule has 2 aliphatic heterocycles. The van der Waals surface area contributed by atoms with E-state index < -0.39 is 0 Å². The highest BCUT2D eigenvalue weighted by atomic mass is 16.2. The molecule has 7 heteroatoms. The van der Waals surface area contributed by atoms with E-state index in [0.717, 1.165) is 49.5 Å². The highest BCUT2D eigenvalue weighted by Gasteiger charge is 2.31. The molecule has 2 saturated heterocycles. The summed E-state index contributed by atoms with van der Waals surface area (Å²) in [5.41, 5.74) is 1.14. The summed E-state index contributed by atoms with van der Waals surface area (Å²) < 4.78 is 0. The fourth-order valence-electron chi connectivity index (χ4n) is 4.81. The number of benzene rings is 2. The molecule has 3 aliphatic rings. The van der Waals surface area contributed by atoms with Crippen molar-refractivity contribution in [2.24, 2.45) is 5.92 Å². The summed E-state index contributed by atoms with van der Waals surface area (Å²) >= 11 is 0. The summed E-state index contributed by atoms with van der Waals surface area (Å²) in [7, 11) is 0. The van der Waals surface area contributed by atoms with Crippen LogP contribution in [0.2, 0.25) is 0 Å². The number of fused-ring (bicyclic) bond motifs is 1. The van der Waals surface area contributed by atoms with Gasteiger partial charge in [-0.1, -0.05) is 24.3 Å². The Morgan fingerprint density at radius 2 is 1.48 bits per heavy atom. The second-order valence-corrected chi connectivity index (χ2v) is 9.52. The van der Waals surface area contributed by atoms with E-state index in [1.165, 1.54) is 6.42 Å². The third-order valence-electron chi connectivity index (χ3n) is 7.05. The van der Waals surface area contributed by atoms with Crippen LogP contribution in [0.15, 0.2) is 36.4 Å². The monoisotopic (exact) mass is 448 g/mol. The summed E-state index contributed by atoms with van der Waals surface area (Å²) in [6, 6.07) is 11.7. The molecule has 7 nitrogen and oxygen atoms in total. The first kappa shape index (κ1) is 21.9. The van der Waals surface area contributed by atoms with Crippen molar-refractivity contribution in [1.29, 1.82) is 0 Å². The minimum Gasteiger partial charge on any atom is -0.342 e. The fraction of sp³-hybridized carbons (Fsp3) is 0.500. The van der Waals surface area contributed by atoms with Crippen molar-refractivity contribution in [2.75, 3.05) is 51.1 Å². The van der Waals surface area contributed by atoms with Crippen LogP contribution in [0.1, 0.15) is 42.5 Å². The van der Waals surface area contributed by atoms with Crippen LogP contribution in [0.5, 0.6) is 0 Å². The molecule has 0 atom stereocenters. The Morgan fingerprint density at radius 1 is 0.818 bits per heavy atom. The van der Waals surface area contributed by atoms with Crippen LogP contribution in [0.3, 0.4) is 0 Å². The van der Waals surface area contributed by atoms with Crippen molar-refractivity contribution in [1.82, 2.24) is 14.7 Å². The molecule has 33 heavy (non-hydrogen) atoms. The summed E-state index contributed by atoms with van der Waals surface area (Å²) in [5, 5.41) is 4.99. The molecule has 3 amide bonds. The highest BCUT2D eigenvalue weighted by Crippen LogP contribution is 2.32. The number of carbonyl (C=O) groups excluding carboxylic acids is 3. The van der Waals surface area contributed by atoms with Crippen molar-refractivity contribution in [3.63, 3.8) is 0 Å². The number of nitrogens with zero attached hydrogens (tertiary/aromatic N) is 3. The van der Waals surface area contributed by atoms with Crippen molar-refractivity contribution < 1.29 is 14.4 Å². The van der Waals surface area contributed by atoms with Gasteiger partial charge in [-0.2, -0.15) is 0 Å². The largest absolute Gasteiger partial charge is 0.342 e. The van der Waals surface area contributed by atoms with E-state index in [0.29, 0.717) is 44.0 Å². The summed E-state index contributed by atoms with van der Waals surface area (Å²) in [5.74, 6) is 0.212. The Morgan fingerprint density at radius 3 is 2.15 bits per heavy atom. The molecule has 0 unspecified atom stereocenters. The predicted molar refractivity (Wildman–Crippen MR) is 128 cm³/mol. The lowest BCUT2D eigenvalue weighted by molar-refractivity contribution is -0.133. The second-order valence-electron chi connectivity index (χ2n) is 9.52. The number of hydrogen-bond acceptors (Lipinski definition) is 4. The van der Waals surface area contributed by atoms with Crippen LogP contribution in [-0.4, -0.2) is 78.2 Å². The molecule has 0 bridgehead atoms. The van der Waals surface area contributed by atoms with E-state index in [1.807, 2.05) is 46.2 Å².